The lowest BCUT2D eigenvalue weighted by Gasteiger charge is -2.08. The first-order valence-electron chi connectivity index (χ1n) is 6.30. The smallest absolute Gasteiger partial charge is 0.176 e. The lowest BCUT2D eigenvalue weighted by atomic mass is 10.1. The van der Waals surface area contributed by atoms with Gasteiger partial charge in [-0.2, -0.15) is 0 Å². The molecule has 0 saturated carbocycles. The Labute approximate surface area is 109 Å². The summed E-state index contributed by atoms with van der Waals surface area (Å²) >= 11 is 0. The normalized spacial score (nSPS) is 10.8. The van der Waals surface area contributed by atoms with Crippen LogP contribution in [0.1, 0.15) is 30.6 Å². The highest BCUT2D eigenvalue weighted by Gasteiger charge is 2.04. The van der Waals surface area contributed by atoms with Gasteiger partial charge < -0.3 is 15.8 Å². The van der Waals surface area contributed by atoms with Gasteiger partial charge >= 0.3 is 0 Å². The van der Waals surface area contributed by atoms with E-state index in [4.69, 9.17) is 10.5 Å². The maximum Gasteiger partial charge on any atom is 0.176 e. The van der Waals surface area contributed by atoms with E-state index in [0.717, 1.165) is 19.6 Å². The fourth-order valence-corrected chi connectivity index (χ4v) is 1.53. The van der Waals surface area contributed by atoms with E-state index in [-0.39, 0.29) is 11.9 Å². The van der Waals surface area contributed by atoms with Gasteiger partial charge in [-0.25, -0.2) is 0 Å². The van der Waals surface area contributed by atoms with Gasteiger partial charge in [0.1, 0.15) is 0 Å². The Bertz CT molecular complexity index is 378. The van der Waals surface area contributed by atoms with E-state index in [2.05, 4.69) is 5.32 Å². The van der Waals surface area contributed by atoms with Crippen LogP contribution in [0.15, 0.2) is 24.3 Å². The standard InChI is InChI=1S/C14H22N2O2/c1-11(2)18-8-4-7-16-10-14(17)12-5-3-6-13(15)9-12/h3,5-6,9,11,16H,4,7-8,10,15H2,1-2H3. The molecule has 4 nitrogen and oxygen atoms in total. The minimum atomic E-state index is 0.0621. The number of ketones is 1. The predicted octanol–water partition coefficient (Wildman–Crippen LogP) is 1.86. The van der Waals surface area contributed by atoms with Crippen molar-refractivity contribution in [1.82, 2.24) is 5.32 Å². The van der Waals surface area contributed by atoms with Crippen molar-refractivity contribution in [3.63, 3.8) is 0 Å². The molecule has 0 heterocycles. The zero-order valence-corrected chi connectivity index (χ0v) is 11.1. The molecule has 0 amide bonds. The number of Topliss-reactive ketones (excluding diaryl/α,β-unsaturated/α-hetero) is 1. The second-order valence-corrected chi connectivity index (χ2v) is 4.50. The summed E-state index contributed by atoms with van der Waals surface area (Å²) in [6.07, 6.45) is 1.17. The average molecular weight is 250 g/mol. The van der Waals surface area contributed by atoms with Crippen molar-refractivity contribution in [3.8, 4) is 0 Å². The molecule has 0 aliphatic carbocycles. The van der Waals surface area contributed by atoms with Gasteiger partial charge in [0.25, 0.3) is 0 Å². The average Bonchev–Trinajstić information content (AvgIpc) is 2.33. The van der Waals surface area contributed by atoms with Crippen molar-refractivity contribution in [3.05, 3.63) is 29.8 Å². The maximum atomic E-state index is 11.8. The van der Waals surface area contributed by atoms with Crippen LogP contribution in [0.25, 0.3) is 0 Å². The van der Waals surface area contributed by atoms with E-state index in [1.54, 1.807) is 24.3 Å². The Morgan fingerprint density at radius 3 is 2.89 bits per heavy atom. The molecule has 0 bridgehead atoms. The molecule has 1 aromatic carbocycles. The lowest BCUT2D eigenvalue weighted by molar-refractivity contribution is 0.0767. The Morgan fingerprint density at radius 2 is 2.22 bits per heavy atom. The number of ether oxygens (including phenoxy) is 1. The SMILES string of the molecule is CC(C)OCCCNCC(=O)c1cccc(N)c1. The van der Waals surface area contributed by atoms with Gasteiger partial charge in [0, 0.05) is 17.9 Å². The van der Waals surface area contributed by atoms with Crippen molar-refractivity contribution in [2.45, 2.75) is 26.4 Å². The van der Waals surface area contributed by atoms with Gasteiger partial charge in [-0.05, 0) is 38.9 Å². The van der Waals surface area contributed by atoms with E-state index < -0.39 is 0 Å². The van der Waals surface area contributed by atoms with E-state index >= 15 is 0 Å². The number of carbonyl (C=O) groups is 1. The number of nitrogens with two attached hydrogens (primary N) is 1. The second kappa shape index (κ2) is 7.84. The summed E-state index contributed by atoms with van der Waals surface area (Å²) in [5.41, 5.74) is 6.90. The summed E-state index contributed by atoms with van der Waals surface area (Å²) in [6.45, 7) is 5.86. The van der Waals surface area contributed by atoms with E-state index in [1.807, 2.05) is 13.8 Å². The van der Waals surface area contributed by atoms with Gasteiger partial charge in [0.2, 0.25) is 0 Å². The Balaban J connectivity index is 2.18. The number of nitrogen functional groups attached to an aromatic ring is 1. The first-order chi connectivity index (χ1) is 8.59. The fraction of sp³-hybridized carbons (Fsp3) is 0.500. The molecule has 3 N–H and O–H groups in total. The van der Waals surface area contributed by atoms with Gasteiger partial charge in [0.15, 0.2) is 5.78 Å². The van der Waals surface area contributed by atoms with Crippen molar-refractivity contribution < 1.29 is 9.53 Å². The molecular weight excluding hydrogens is 228 g/mol. The van der Waals surface area contributed by atoms with E-state index in [9.17, 15) is 4.79 Å². The number of anilines is 1. The highest BCUT2D eigenvalue weighted by atomic mass is 16.5. The molecule has 100 valence electrons. The van der Waals surface area contributed by atoms with Crippen LogP contribution in [-0.4, -0.2) is 31.6 Å². The third-order valence-corrected chi connectivity index (χ3v) is 2.44. The largest absolute Gasteiger partial charge is 0.399 e. The monoisotopic (exact) mass is 250 g/mol. The molecule has 0 atom stereocenters. The molecule has 1 aromatic rings. The van der Waals surface area contributed by atoms with Gasteiger partial charge in [-0.15, -0.1) is 0 Å². The minimum Gasteiger partial charge on any atom is -0.399 e. The van der Waals surface area contributed by atoms with Crippen molar-refractivity contribution >= 4 is 11.5 Å². The number of hydrogen-bond donors (Lipinski definition) is 2. The second-order valence-electron chi connectivity index (χ2n) is 4.50. The molecule has 4 heteroatoms. The van der Waals surface area contributed by atoms with Crippen molar-refractivity contribution in [2.24, 2.45) is 0 Å². The quantitative estimate of drug-likeness (QED) is 0.420. The van der Waals surface area contributed by atoms with Gasteiger partial charge in [0.05, 0.1) is 12.6 Å². The number of nitrogens with one attached hydrogen (secondary N) is 1. The molecule has 0 spiro atoms. The molecule has 0 aliphatic rings. The lowest BCUT2D eigenvalue weighted by Crippen LogP contribution is -2.25. The van der Waals surface area contributed by atoms with Crippen LogP contribution < -0.4 is 11.1 Å². The zero-order chi connectivity index (χ0) is 13.4. The topological polar surface area (TPSA) is 64.3 Å². The van der Waals surface area contributed by atoms with Gasteiger partial charge in [-0.3, -0.25) is 4.79 Å². The van der Waals surface area contributed by atoms with Crippen LogP contribution in [0.3, 0.4) is 0 Å². The Kier molecular flexibility index (Phi) is 6.39. The predicted molar refractivity (Wildman–Crippen MR) is 73.8 cm³/mol. The van der Waals surface area contributed by atoms with Crippen molar-refractivity contribution in [1.29, 1.82) is 0 Å². The number of benzene rings is 1. The summed E-state index contributed by atoms with van der Waals surface area (Å²) in [6, 6.07) is 7.04. The summed E-state index contributed by atoms with van der Waals surface area (Å²) < 4.78 is 5.41. The molecular formula is C14H22N2O2. The summed E-state index contributed by atoms with van der Waals surface area (Å²) in [5.74, 6) is 0.0621. The number of rotatable bonds is 8. The molecule has 0 radical (unpaired) electrons. The molecule has 0 aliphatic heterocycles. The zero-order valence-electron chi connectivity index (χ0n) is 11.1. The fourth-order valence-electron chi connectivity index (χ4n) is 1.53. The minimum absolute atomic E-state index is 0.0621. The third-order valence-electron chi connectivity index (χ3n) is 2.44. The maximum absolute atomic E-state index is 11.8. The van der Waals surface area contributed by atoms with Gasteiger partial charge in [-0.1, -0.05) is 12.1 Å². The molecule has 0 fully saturated rings. The highest BCUT2D eigenvalue weighted by Crippen LogP contribution is 2.06. The Hall–Kier alpha value is -1.39. The van der Waals surface area contributed by atoms with Crippen molar-refractivity contribution in [2.75, 3.05) is 25.4 Å². The van der Waals surface area contributed by atoms with Crippen LogP contribution in [0.4, 0.5) is 5.69 Å². The first kappa shape index (κ1) is 14.7. The van der Waals surface area contributed by atoms with Crippen LogP contribution >= 0.6 is 0 Å². The van der Waals surface area contributed by atoms with Crippen LogP contribution in [0, 0.1) is 0 Å². The molecule has 0 saturated heterocycles. The Morgan fingerprint density at radius 1 is 1.44 bits per heavy atom. The van der Waals surface area contributed by atoms with E-state index in [1.165, 1.54) is 0 Å². The van der Waals surface area contributed by atoms with Crippen LogP contribution in [0.5, 0.6) is 0 Å². The highest BCUT2D eigenvalue weighted by molar-refractivity contribution is 5.98. The molecule has 0 unspecified atom stereocenters. The third kappa shape index (κ3) is 5.80. The first-order valence-corrected chi connectivity index (χ1v) is 6.30. The number of hydrogen-bond acceptors (Lipinski definition) is 4. The van der Waals surface area contributed by atoms with Crippen LogP contribution in [0.2, 0.25) is 0 Å². The van der Waals surface area contributed by atoms with Crippen LogP contribution in [-0.2, 0) is 4.74 Å². The molecule has 0 aromatic heterocycles. The van der Waals surface area contributed by atoms with E-state index in [0.29, 0.717) is 17.8 Å². The summed E-state index contributed by atoms with van der Waals surface area (Å²) in [4.78, 5) is 11.8. The number of carbonyl (C=O) groups excluding carboxylic acids is 1. The molecule has 1 rings (SSSR count). The molecule has 18 heavy (non-hydrogen) atoms. The summed E-state index contributed by atoms with van der Waals surface area (Å²) in [7, 11) is 0. The summed E-state index contributed by atoms with van der Waals surface area (Å²) in [5, 5.41) is 3.11.